The molecule has 1 aliphatic heterocycles. The van der Waals surface area contributed by atoms with Crippen molar-refractivity contribution in [2.45, 2.75) is 36.6 Å². The lowest BCUT2D eigenvalue weighted by atomic mass is 10.3. The lowest BCUT2D eigenvalue weighted by Gasteiger charge is -2.12. The van der Waals surface area contributed by atoms with Gasteiger partial charge in [0.05, 0.1) is 11.1 Å². The first-order valence-electron chi connectivity index (χ1n) is 4.82. The van der Waals surface area contributed by atoms with Crippen LogP contribution in [0.15, 0.2) is 17.4 Å². The lowest BCUT2D eigenvalue weighted by Crippen LogP contribution is -2.13. The molecule has 2 heterocycles. The third-order valence-electron chi connectivity index (χ3n) is 2.36. The summed E-state index contributed by atoms with van der Waals surface area (Å²) in [5.41, 5.74) is 1.02. The summed E-state index contributed by atoms with van der Waals surface area (Å²) in [5, 5.41) is 1.60. The smallest absolute Gasteiger partial charge is 0.116 e. The van der Waals surface area contributed by atoms with E-state index in [4.69, 9.17) is 4.74 Å². The van der Waals surface area contributed by atoms with Gasteiger partial charge >= 0.3 is 0 Å². The fraction of sp³-hybridized carbons (Fsp3) is 0.600. The van der Waals surface area contributed by atoms with Crippen molar-refractivity contribution in [3.05, 3.63) is 18.1 Å². The number of aryl methyl sites for hydroxylation is 1. The second kappa shape index (κ2) is 4.28. The third-order valence-corrected chi connectivity index (χ3v) is 3.74. The maximum atomic E-state index is 5.50. The molecule has 1 saturated heterocycles. The van der Waals surface area contributed by atoms with Gasteiger partial charge in [0.2, 0.25) is 0 Å². The molecule has 0 amide bonds. The fourth-order valence-corrected chi connectivity index (χ4v) is 2.66. The summed E-state index contributed by atoms with van der Waals surface area (Å²) in [6, 6.07) is 2.02. The SMILES string of the molecule is Cc1cc(SC2CCOC2C)ncn1. The van der Waals surface area contributed by atoms with Crippen LogP contribution in [-0.2, 0) is 4.74 Å². The average Bonchev–Trinajstić information content (AvgIpc) is 2.52. The van der Waals surface area contributed by atoms with E-state index in [-0.39, 0.29) is 0 Å². The maximum Gasteiger partial charge on any atom is 0.116 e. The van der Waals surface area contributed by atoms with Crippen LogP contribution < -0.4 is 0 Å². The van der Waals surface area contributed by atoms with Crippen molar-refractivity contribution in [1.29, 1.82) is 0 Å². The minimum atomic E-state index is 0.343. The maximum absolute atomic E-state index is 5.50. The fourth-order valence-electron chi connectivity index (χ4n) is 1.52. The molecule has 0 N–H and O–H groups in total. The first-order valence-corrected chi connectivity index (χ1v) is 5.70. The highest BCUT2D eigenvalue weighted by molar-refractivity contribution is 7.99. The Morgan fingerprint density at radius 3 is 3.00 bits per heavy atom. The standard InChI is InChI=1S/C10H14N2OS/c1-7-5-10(12-6-11-7)14-9-3-4-13-8(9)2/h5-6,8-9H,3-4H2,1-2H3. The van der Waals surface area contributed by atoms with Gasteiger partial charge in [-0.3, -0.25) is 0 Å². The Kier molecular flexibility index (Phi) is 3.03. The molecule has 0 aliphatic carbocycles. The van der Waals surface area contributed by atoms with Gasteiger partial charge in [-0.1, -0.05) is 0 Å². The van der Waals surface area contributed by atoms with Gasteiger partial charge in [-0.2, -0.15) is 0 Å². The van der Waals surface area contributed by atoms with Crippen LogP contribution in [-0.4, -0.2) is 27.9 Å². The van der Waals surface area contributed by atoms with E-state index >= 15 is 0 Å². The van der Waals surface area contributed by atoms with E-state index < -0.39 is 0 Å². The van der Waals surface area contributed by atoms with E-state index in [1.165, 1.54) is 0 Å². The Balaban J connectivity index is 2.03. The van der Waals surface area contributed by atoms with Crippen molar-refractivity contribution in [3.63, 3.8) is 0 Å². The molecule has 1 fully saturated rings. The topological polar surface area (TPSA) is 35.0 Å². The van der Waals surface area contributed by atoms with Crippen molar-refractivity contribution in [2.24, 2.45) is 0 Å². The number of hydrogen-bond acceptors (Lipinski definition) is 4. The molecule has 2 rings (SSSR count). The van der Waals surface area contributed by atoms with Gasteiger partial charge in [-0.05, 0) is 26.3 Å². The number of nitrogens with zero attached hydrogens (tertiary/aromatic N) is 2. The lowest BCUT2D eigenvalue weighted by molar-refractivity contribution is 0.127. The molecule has 0 spiro atoms. The zero-order valence-corrected chi connectivity index (χ0v) is 9.25. The average molecular weight is 210 g/mol. The predicted octanol–water partition coefficient (Wildman–Crippen LogP) is 2.05. The molecule has 0 aromatic carbocycles. The molecule has 2 atom stereocenters. The molecule has 1 aliphatic rings. The summed E-state index contributed by atoms with van der Waals surface area (Å²) < 4.78 is 5.50. The molecule has 0 radical (unpaired) electrons. The second-order valence-electron chi connectivity index (χ2n) is 3.52. The molecule has 4 heteroatoms. The summed E-state index contributed by atoms with van der Waals surface area (Å²) in [6.45, 7) is 4.99. The Morgan fingerprint density at radius 2 is 2.36 bits per heavy atom. The number of rotatable bonds is 2. The molecule has 1 aromatic heterocycles. The van der Waals surface area contributed by atoms with Crippen molar-refractivity contribution in [3.8, 4) is 0 Å². The van der Waals surface area contributed by atoms with Crippen LogP contribution in [0.25, 0.3) is 0 Å². The van der Waals surface area contributed by atoms with Crippen LogP contribution in [0.2, 0.25) is 0 Å². The molecule has 14 heavy (non-hydrogen) atoms. The Hall–Kier alpha value is -0.610. The molecule has 0 saturated carbocycles. The minimum Gasteiger partial charge on any atom is -0.377 e. The number of aromatic nitrogens is 2. The van der Waals surface area contributed by atoms with Crippen LogP contribution in [0.5, 0.6) is 0 Å². The zero-order valence-electron chi connectivity index (χ0n) is 8.43. The minimum absolute atomic E-state index is 0.343. The van der Waals surface area contributed by atoms with E-state index in [2.05, 4.69) is 16.9 Å². The van der Waals surface area contributed by atoms with Crippen LogP contribution >= 0.6 is 11.8 Å². The molecule has 76 valence electrons. The molecular formula is C10H14N2OS. The van der Waals surface area contributed by atoms with Gasteiger partial charge in [0.25, 0.3) is 0 Å². The predicted molar refractivity (Wildman–Crippen MR) is 56.4 cm³/mol. The van der Waals surface area contributed by atoms with Gasteiger partial charge in [-0.25, -0.2) is 9.97 Å². The second-order valence-corrected chi connectivity index (χ2v) is 4.78. The van der Waals surface area contributed by atoms with Gasteiger partial charge in [0.15, 0.2) is 0 Å². The Bertz CT molecular complexity index is 319. The van der Waals surface area contributed by atoms with Crippen molar-refractivity contribution in [2.75, 3.05) is 6.61 Å². The van der Waals surface area contributed by atoms with Gasteiger partial charge < -0.3 is 4.74 Å². The highest BCUT2D eigenvalue weighted by atomic mass is 32.2. The van der Waals surface area contributed by atoms with Crippen LogP contribution in [0, 0.1) is 6.92 Å². The van der Waals surface area contributed by atoms with E-state index in [1.54, 1.807) is 18.1 Å². The molecule has 1 aromatic rings. The van der Waals surface area contributed by atoms with Crippen molar-refractivity contribution >= 4 is 11.8 Å². The summed E-state index contributed by atoms with van der Waals surface area (Å²) in [5.74, 6) is 0. The van der Waals surface area contributed by atoms with Gasteiger partial charge in [0, 0.05) is 17.6 Å². The summed E-state index contributed by atoms with van der Waals surface area (Å²) in [7, 11) is 0. The van der Waals surface area contributed by atoms with E-state index in [0.717, 1.165) is 23.7 Å². The zero-order chi connectivity index (χ0) is 9.97. The van der Waals surface area contributed by atoms with Crippen LogP contribution in [0.3, 0.4) is 0 Å². The monoisotopic (exact) mass is 210 g/mol. The normalized spacial score (nSPS) is 26.7. The van der Waals surface area contributed by atoms with E-state index in [1.807, 2.05) is 13.0 Å². The van der Waals surface area contributed by atoms with Crippen LogP contribution in [0.4, 0.5) is 0 Å². The van der Waals surface area contributed by atoms with Gasteiger partial charge in [-0.15, -0.1) is 11.8 Å². The van der Waals surface area contributed by atoms with E-state index in [9.17, 15) is 0 Å². The first kappa shape index (κ1) is 9.93. The summed E-state index contributed by atoms with van der Waals surface area (Å²) >= 11 is 1.80. The van der Waals surface area contributed by atoms with Gasteiger partial charge in [0.1, 0.15) is 6.33 Å². The molecule has 2 unspecified atom stereocenters. The van der Waals surface area contributed by atoms with Crippen molar-refractivity contribution < 1.29 is 4.74 Å². The summed E-state index contributed by atoms with van der Waals surface area (Å²) in [6.07, 6.45) is 3.09. The number of hydrogen-bond donors (Lipinski definition) is 0. The Morgan fingerprint density at radius 1 is 1.50 bits per heavy atom. The molecular weight excluding hydrogens is 196 g/mol. The highest BCUT2D eigenvalue weighted by Crippen LogP contribution is 2.31. The number of ether oxygens (including phenoxy) is 1. The first-order chi connectivity index (χ1) is 6.75. The molecule has 3 nitrogen and oxygen atoms in total. The largest absolute Gasteiger partial charge is 0.377 e. The quantitative estimate of drug-likeness (QED) is 0.700. The van der Waals surface area contributed by atoms with E-state index in [0.29, 0.717) is 11.4 Å². The summed E-state index contributed by atoms with van der Waals surface area (Å²) in [4.78, 5) is 8.31. The Labute approximate surface area is 88.3 Å². The number of thioether (sulfide) groups is 1. The highest BCUT2D eigenvalue weighted by Gasteiger charge is 2.25. The van der Waals surface area contributed by atoms with Crippen LogP contribution in [0.1, 0.15) is 19.0 Å². The third kappa shape index (κ3) is 2.25. The molecule has 0 bridgehead atoms. The van der Waals surface area contributed by atoms with Crippen molar-refractivity contribution in [1.82, 2.24) is 9.97 Å².